The van der Waals surface area contributed by atoms with Gasteiger partial charge in [0.15, 0.2) is 0 Å². The molecular formula is C17H20N4O2. The molecule has 2 aromatic heterocycles. The number of aryl methyl sites for hydroxylation is 2. The number of H-pyrrole nitrogens is 1. The number of imidazole rings is 1. The first-order valence-corrected chi connectivity index (χ1v) is 7.64. The number of fused-ring (bicyclic) bond motifs is 1. The van der Waals surface area contributed by atoms with Crippen LogP contribution in [0.25, 0.3) is 11.0 Å². The predicted molar refractivity (Wildman–Crippen MR) is 86.9 cm³/mol. The molecule has 0 atom stereocenters. The van der Waals surface area contributed by atoms with Crippen LogP contribution in [-0.4, -0.2) is 33.0 Å². The number of para-hydroxylation sites is 2. The maximum Gasteiger partial charge on any atom is 0.223 e. The quantitative estimate of drug-likeness (QED) is 0.786. The fourth-order valence-electron chi connectivity index (χ4n) is 2.67. The van der Waals surface area contributed by atoms with Gasteiger partial charge in [0.2, 0.25) is 5.91 Å². The molecule has 1 aromatic carbocycles. The van der Waals surface area contributed by atoms with Gasteiger partial charge >= 0.3 is 0 Å². The molecule has 23 heavy (non-hydrogen) atoms. The molecule has 3 aromatic rings. The minimum atomic E-state index is 0.0745. The van der Waals surface area contributed by atoms with E-state index in [-0.39, 0.29) is 5.91 Å². The summed E-state index contributed by atoms with van der Waals surface area (Å²) in [5.74, 6) is 1.65. The van der Waals surface area contributed by atoms with E-state index in [0.29, 0.717) is 19.4 Å². The Labute approximate surface area is 134 Å². The van der Waals surface area contributed by atoms with E-state index in [1.807, 2.05) is 38.1 Å². The van der Waals surface area contributed by atoms with Gasteiger partial charge in [-0.15, -0.1) is 0 Å². The van der Waals surface area contributed by atoms with Crippen molar-refractivity contribution >= 4 is 16.9 Å². The van der Waals surface area contributed by atoms with Gasteiger partial charge in [0.1, 0.15) is 11.6 Å². The van der Waals surface area contributed by atoms with Crippen LogP contribution in [0, 0.1) is 13.8 Å². The summed E-state index contributed by atoms with van der Waals surface area (Å²) in [5, 5.41) is 3.92. The van der Waals surface area contributed by atoms with Crippen molar-refractivity contribution in [1.29, 1.82) is 0 Å². The van der Waals surface area contributed by atoms with Gasteiger partial charge in [-0.1, -0.05) is 17.3 Å². The van der Waals surface area contributed by atoms with Gasteiger partial charge < -0.3 is 14.4 Å². The normalized spacial score (nSPS) is 11.1. The number of aromatic amines is 1. The Hall–Kier alpha value is -2.63. The Kier molecular flexibility index (Phi) is 4.14. The summed E-state index contributed by atoms with van der Waals surface area (Å²) in [5.41, 5.74) is 3.78. The number of carbonyl (C=O) groups is 1. The molecule has 0 aliphatic carbocycles. The lowest BCUT2D eigenvalue weighted by Crippen LogP contribution is -2.27. The summed E-state index contributed by atoms with van der Waals surface area (Å²) in [7, 11) is 1.79. The lowest BCUT2D eigenvalue weighted by molar-refractivity contribution is -0.130. The number of benzene rings is 1. The Morgan fingerprint density at radius 1 is 1.30 bits per heavy atom. The molecule has 3 rings (SSSR count). The Balaban J connectivity index is 1.61. The van der Waals surface area contributed by atoms with Crippen LogP contribution in [0.5, 0.6) is 0 Å². The van der Waals surface area contributed by atoms with Crippen molar-refractivity contribution in [1.82, 2.24) is 20.0 Å². The van der Waals surface area contributed by atoms with Gasteiger partial charge in [-0.2, -0.15) is 0 Å². The molecule has 0 saturated heterocycles. The minimum absolute atomic E-state index is 0.0745. The maximum absolute atomic E-state index is 12.3. The molecule has 0 fully saturated rings. The Bertz CT molecular complexity index is 782. The fourth-order valence-corrected chi connectivity index (χ4v) is 2.67. The van der Waals surface area contributed by atoms with Gasteiger partial charge in [-0.3, -0.25) is 4.79 Å². The first kappa shape index (κ1) is 15.3. The SMILES string of the molecule is Cc1noc(C)c1CCC(=O)N(C)Cc1nc2ccccc2[nH]1. The van der Waals surface area contributed by atoms with E-state index in [0.717, 1.165) is 33.9 Å². The highest BCUT2D eigenvalue weighted by atomic mass is 16.5. The maximum atomic E-state index is 12.3. The largest absolute Gasteiger partial charge is 0.361 e. The third-order valence-corrected chi connectivity index (χ3v) is 4.02. The first-order chi connectivity index (χ1) is 11.0. The zero-order valence-corrected chi connectivity index (χ0v) is 13.6. The molecule has 0 spiro atoms. The van der Waals surface area contributed by atoms with Crippen molar-refractivity contribution in [3.8, 4) is 0 Å². The molecule has 0 aliphatic rings. The average molecular weight is 312 g/mol. The van der Waals surface area contributed by atoms with Crippen molar-refractivity contribution in [3.05, 3.63) is 47.1 Å². The average Bonchev–Trinajstić information content (AvgIpc) is 3.08. The highest BCUT2D eigenvalue weighted by Crippen LogP contribution is 2.16. The Morgan fingerprint density at radius 2 is 2.09 bits per heavy atom. The number of aromatic nitrogens is 3. The number of carbonyl (C=O) groups excluding carboxylic acids is 1. The van der Waals surface area contributed by atoms with Gasteiger partial charge in [0.05, 0.1) is 23.3 Å². The van der Waals surface area contributed by atoms with Crippen LogP contribution in [0.2, 0.25) is 0 Å². The number of hydrogen-bond acceptors (Lipinski definition) is 4. The molecule has 0 radical (unpaired) electrons. The molecule has 6 heteroatoms. The van der Waals surface area contributed by atoms with Crippen molar-refractivity contribution in [2.24, 2.45) is 0 Å². The summed E-state index contributed by atoms with van der Waals surface area (Å²) >= 11 is 0. The summed E-state index contributed by atoms with van der Waals surface area (Å²) in [4.78, 5) is 21.7. The molecule has 2 heterocycles. The van der Waals surface area contributed by atoms with Crippen molar-refractivity contribution in [2.75, 3.05) is 7.05 Å². The molecule has 0 saturated carbocycles. The van der Waals surface area contributed by atoms with Gasteiger partial charge in [0, 0.05) is 19.0 Å². The molecular weight excluding hydrogens is 292 g/mol. The lowest BCUT2D eigenvalue weighted by atomic mass is 10.1. The summed E-state index contributed by atoms with van der Waals surface area (Å²) < 4.78 is 5.13. The van der Waals surface area contributed by atoms with Crippen LogP contribution >= 0.6 is 0 Å². The minimum Gasteiger partial charge on any atom is -0.361 e. The van der Waals surface area contributed by atoms with Crippen LogP contribution in [0.4, 0.5) is 0 Å². The zero-order chi connectivity index (χ0) is 16.4. The van der Waals surface area contributed by atoms with Crippen LogP contribution in [0.3, 0.4) is 0 Å². The molecule has 0 bridgehead atoms. The van der Waals surface area contributed by atoms with E-state index < -0.39 is 0 Å². The van der Waals surface area contributed by atoms with Crippen LogP contribution in [-0.2, 0) is 17.8 Å². The molecule has 0 unspecified atom stereocenters. The number of hydrogen-bond donors (Lipinski definition) is 1. The molecule has 1 N–H and O–H groups in total. The third-order valence-electron chi connectivity index (χ3n) is 4.02. The van der Waals surface area contributed by atoms with Crippen molar-refractivity contribution < 1.29 is 9.32 Å². The van der Waals surface area contributed by atoms with E-state index >= 15 is 0 Å². The molecule has 1 amide bonds. The third kappa shape index (κ3) is 3.26. The second-order valence-electron chi connectivity index (χ2n) is 5.75. The van der Waals surface area contributed by atoms with E-state index in [9.17, 15) is 4.79 Å². The number of rotatable bonds is 5. The van der Waals surface area contributed by atoms with Crippen LogP contribution < -0.4 is 0 Å². The van der Waals surface area contributed by atoms with E-state index in [1.54, 1.807) is 11.9 Å². The second-order valence-corrected chi connectivity index (χ2v) is 5.75. The predicted octanol–water partition coefficient (Wildman–Crippen LogP) is 2.76. The number of nitrogens with zero attached hydrogens (tertiary/aromatic N) is 3. The van der Waals surface area contributed by atoms with E-state index in [1.165, 1.54) is 0 Å². The van der Waals surface area contributed by atoms with Crippen LogP contribution in [0.1, 0.15) is 29.3 Å². The second kappa shape index (κ2) is 6.24. The molecule has 0 aliphatic heterocycles. The van der Waals surface area contributed by atoms with Gasteiger partial charge in [0.25, 0.3) is 0 Å². The smallest absolute Gasteiger partial charge is 0.223 e. The number of amides is 1. The highest BCUT2D eigenvalue weighted by molar-refractivity contribution is 5.77. The van der Waals surface area contributed by atoms with Crippen LogP contribution in [0.15, 0.2) is 28.8 Å². The monoisotopic (exact) mass is 312 g/mol. The Morgan fingerprint density at radius 3 is 2.78 bits per heavy atom. The molecule has 6 nitrogen and oxygen atoms in total. The van der Waals surface area contributed by atoms with Crippen molar-refractivity contribution in [2.45, 2.75) is 33.2 Å². The van der Waals surface area contributed by atoms with Gasteiger partial charge in [-0.05, 0) is 32.4 Å². The van der Waals surface area contributed by atoms with E-state index in [2.05, 4.69) is 15.1 Å². The molecule has 120 valence electrons. The lowest BCUT2D eigenvalue weighted by Gasteiger charge is -2.15. The summed E-state index contributed by atoms with van der Waals surface area (Å²) in [6.07, 6.45) is 1.07. The standard InChI is InChI=1S/C17H20N4O2/c1-11-13(12(2)23-20-11)8-9-17(22)21(3)10-16-18-14-6-4-5-7-15(14)19-16/h4-7H,8-10H2,1-3H3,(H,18,19). The summed E-state index contributed by atoms with van der Waals surface area (Å²) in [6, 6.07) is 7.84. The highest BCUT2D eigenvalue weighted by Gasteiger charge is 2.15. The van der Waals surface area contributed by atoms with Crippen molar-refractivity contribution in [3.63, 3.8) is 0 Å². The topological polar surface area (TPSA) is 75.0 Å². The fraction of sp³-hybridized carbons (Fsp3) is 0.353. The van der Waals surface area contributed by atoms with E-state index in [4.69, 9.17) is 4.52 Å². The van der Waals surface area contributed by atoms with Gasteiger partial charge in [-0.25, -0.2) is 4.98 Å². The summed E-state index contributed by atoms with van der Waals surface area (Å²) in [6.45, 7) is 4.24. The zero-order valence-electron chi connectivity index (χ0n) is 13.6. The first-order valence-electron chi connectivity index (χ1n) is 7.64. The number of nitrogens with one attached hydrogen (secondary N) is 1.